The predicted molar refractivity (Wildman–Crippen MR) is 61.7 cm³/mol. The van der Waals surface area contributed by atoms with Gasteiger partial charge >= 0.3 is 0 Å². The molecule has 0 unspecified atom stereocenters. The van der Waals surface area contributed by atoms with E-state index >= 15 is 0 Å². The number of para-hydroxylation sites is 1. The summed E-state index contributed by atoms with van der Waals surface area (Å²) in [4.78, 5) is 0. The van der Waals surface area contributed by atoms with Crippen LogP contribution in [0, 0.1) is 5.41 Å². The molecule has 1 aromatic carbocycles. The number of benzene rings is 1. The summed E-state index contributed by atoms with van der Waals surface area (Å²) in [5, 5.41) is 3.97. The molecule has 2 nitrogen and oxygen atoms in total. The number of hydrogen-bond acceptors (Lipinski definition) is 2. The third kappa shape index (κ3) is 1.95. The van der Waals surface area contributed by atoms with E-state index in [0.29, 0.717) is 16.1 Å². The molecule has 1 aliphatic carbocycles. The van der Waals surface area contributed by atoms with Crippen LogP contribution in [-0.4, -0.2) is 6.54 Å². The van der Waals surface area contributed by atoms with Gasteiger partial charge in [0.2, 0.25) is 0 Å². The maximum Gasteiger partial charge on any atom is 0.0739 e. The maximum absolute atomic E-state index is 5.91. The molecule has 0 spiro atoms. The highest BCUT2D eigenvalue weighted by Crippen LogP contribution is 2.45. The van der Waals surface area contributed by atoms with Crippen molar-refractivity contribution in [1.82, 2.24) is 0 Å². The molecular weight excluding hydrogens is 196 g/mol. The summed E-state index contributed by atoms with van der Waals surface area (Å²) in [6.07, 6.45) is 2.61. The highest BCUT2D eigenvalue weighted by molar-refractivity contribution is 6.33. The fourth-order valence-corrected chi connectivity index (χ4v) is 1.56. The first kappa shape index (κ1) is 9.66. The van der Waals surface area contributed by atoms with Gasteiger partial charge in [-0.3, -0.25) is 0 Å². The van der Waals surface area contributed by atoms with E-state index in [1.165, 1.54) is 12.8 Å². The van der Waals surface area contributed by atoms with Crippen LogP contribution in [0.3, 0.4) is 0 Å². The minimum atomic E-state index is 0.481. The van der Waals surface area contributed by atoms with Crippen LogP contribution in [0.1, 0.15) is 19.8 Å². The zero-order valence-electron chi connectivity index (χ0n) is 8.31. The lowest BCUT2D eigenvalue weighted by molar-refractivity contribution is 0.611. The second-order valence-corrected chi connectivity index (χ2v) is 4.77. The molecule has 14 heavy (non-hydrogen) atoms. The van der Waals surface area contributed by atoms with E-state index in [1.807, 2.05) is 12.1 Å². The smallest absolute Gasteiger partial charge is 0.0739 e. The van der Waals surface area contributed by atoms with Crippen LogP contribution in [0.5, 0.6) is 0 Å². The van der Waals surface area contributed by atoms with Crippen molar-refractivity contribution in [3.8, 4) is 0 Å². The van der Waals surface area contributed by atoms with Crippen molar-refractivity contribution in [2.75, 3.05) is 17.6 Å². The van der Waals surface area contributed by atoms with Crippen LogP contribution in [0.2, 0.25) is 5.02 Å². The summed E-state index contributed by atoms with van der Waals surface area (Å²) in [6, 6.07) is 5.68. The number of nitrogen functional groups attached to an aromatic ring is 1. The van der Waals surface area contributed by atoms with Gasteiger partial charge in [0.25, 0.3) is 0 Å². The molecule has 3 N–H and O–H groups in total. The van der Waals surface area contributed by atoms with Gasteiger partial charge < -0.3 is 11.1 Å². The highest BCUT2D eigenvalue weighted by Gasteiger charge is 2.36. The Hall–Kier alpha value is -0.890. The van der Waals surface area contributed by atoms with Gasteiger partial charge in [0, 0.05) is 6.54 Å². The molecule has 3 heteroatoms. The Labute approximate surface area is 89.4 Å². The first-order chi connectivity index (χ1) is 6.61. The van der Waals surface area contributed by atoms with Crippen molar-refractivity contribution in [1.29, 1.82) is 0 Å². The van der Waals surface area contributed by atoms with Crippen LogP contribution >= 0.6 is 11.6 Å². The van der Waals surface area contributed by atoms with Gasteiger partial charge in [-0.1, -0.05) is 24.6 Å². The number of nitrogens with two attached hydrogens (primary N) is 1. The molecule has 2 rings (SSSR count). The summed E-state index contributed by atoms with van der Waals surface area (Å²) < 4.78 is 0. The Morgan fingerprint density at radius 3 is 2.86 bits per heavy atom. The Morgan fingerprint density at radius 2 is 2.21 bits per heavy atom. The normalized spacial score (nSPS) is 17.9. The molecule has 0 radical (unpaired) electrons. The third-order valence-electron chi connectivity index (χ3n) is 2.86. The Bertz CT molecular complexity index is 345. The van der Waals surface area contributed by atoms with Gasteiger partial charge in [-0.05, 0) is 30.4 Å². The van der Waals surface area contributed by atoms with Gasteiger partial charge in [-0.2, -0.15) is 0 Å². The number of anilines is 2. The number of halogens is 1. The van der Waals surface area contributed by atoms with E-state index in [-0.39, 0.29) is 0 Å². The average molecular weight is 211 g/mol. The van der Waals surface area contributed by atoms with E-state index in [9.17, 15) is 0 Å². The average Bonchev–Trinajstić information content (AvgIpc) is 2.88. The highest BCUT2D eigenvalue weighted by atomic mass is 35.5. The Balaban J connectivity index is 2.05. The van der Waals surface area contributed by atoms with Crippen LogP contribution < -0.4 is 11.1 Å². The Kier molecular flexibility index (Phi) is 2.31. The second-order valence-electron chi connectivity index (χ2n) is 4.37. The molecule has 0 heterocycles. The summed E-state index contributed by atoms with van der Waals surface area (Å²) in [5.74, 6) is 0. The molecular formula is C11H15ClN2. The lowest BCUT2D eigenvalue weighted by Crippen LogP contribution is -2.12. The van der Waals surface area contributed by atoms with Gasteiger partial charge in [0.05, 0.1) is 16.4 Å². The maximum atomic E-state index is 5.91. The van der Waals surface area contributed by atoms with Crippen LogP contribution in [0.25, 0.3) is 0 Å². The van der Waals surface area contributed by atoms with Crippen LogP contribution in [0.4, 0.5) is 11.4 Å². The molecule has 1 aliphatic rings. The van der Waals surface area contributed by atoms with Gasteiger partial charge in [0.15, 0.2) is 0 Å². The molecule has 1 saturated carbocycles. The number of rotatable bonds is 3. The molecule has 0 bridgehead atoms. The molecule has 1 aromatic rings. The summed E-state index contributed by atoms with van der Waals surface area (Å²) >= 11 is 5.91. The van der Waals surface area contributed by atoms with Gasteiger partial charge in [-0.15, -0.1) is 0 Å². The quantitative estimate of drug-likeness (QED) is 0.753. The fourth-order valence-electron chi connectivity index (χ4n) is 1.39. The first-order valence-corrected chi connectivity index (χ1v) is 5.26. The molecule has 0 atom stereocenters. The van der Waals surface area contributed by atoms with Crippen molar-refractivity contribution >= 4 is 23.0 Å². The third-order valence-corrected chi connectivity index (χ3v) is 3.19. The second kappa shape index (κ2) is 3.35. The minimum absolute atomic E-state index is 0.481. The molecule has 0 saturated heterocycles. The zero-order chi connectivity index (χ0) is 10.2. The van der Waals surface area contributed by atoms with E-state index in [2.05, 4.69) is 12.2 Å². The van der Waals surface area contributed by atoms with Crippen molar-refractivity contribution in [3.05, 3.63) is 23.2 Å². The SMILES string of the molecule is CC1(CNc2cccc(Cl)c2N)CC1. The predicted octanol–water partition coefficient (Wildman–Crippen LogP) is 3.13. The molecule has 0 aromatic heterocycles. The minimum Gasteiger partial charge on any atom is -0.396 e. The van der Waals surface area contributed by atoms with Crippen molar-refractivity contribution in [2.24, 2.45) is 5.41 Å². The fraction of sp³-hybridized carbons (Fsp3) is 0.455. The van der Waals surface area contributed by atoms with Gasteiger partial charge in [-0.25, -0.2) is 0 Å². The van der Waals surface area contributed by atoms with Crippen molar-refractivity contribution in [3.63, 3.8) is 0 Å². The Morgan fingerprint density at radius 1 is 1.50 bits per heavy atom. The van der Waals surface area contributed by atoms with Crippen molar-refractivity contribution in [2.45, 2.75) is 19.8 Å². The van der Waals surface area contributed by atoms with Crippen LogP contribution in [0.15, 0.2) is 18.2 Å². The molecule has 0 aliphatic heterocycles. The topological polar surface area (TPSA) is 38.0 Å². The summed E-state index contributed by atoms with van der Waals surface area (Å²) in [5.41, 5.74) is 7.92. The van der Waals surface area contributed by atoms with Crippen molar-refractivity contribution < 1.29 is 0 Å². The first-order valence-electron chi connectivity index (χ1n) is 4.89. The largest absolute Gasteiger partial charge is 0.396 e. The lowest BCUT2D eigenvalue weighted by Gasteiger charge is -2.13. The van der Waals surface area contributed by atoms with E-state index in [0.717, 1.165) is 12.2 Å². The summed E-state index contributed by atoms with van der Waals surface area (Å²) in [7, 11) is 0. The molecule has 1 fully saturated rings. The molecule has 76 valence electrons. The molecule has 0 amide bonds. The monoisotopic (exact) mass is 210 g/mol. The standard InChI is InChI=1S/C11H15ClN2/c1-11(5-6-11)7-14-9-4-2-3-8(12)10(9)13/h2-4,14H,5-7,13H2,1H3. The zero-order valence-corrected chi connectivity index (χ0v) is 9.06. The van der Waals surface area contributed by atoms with E-state index in [1.54, 1.807) is 6.07 Å². The van der Waals surface area contributed by atoms with Crippen LogP contribution in [-0.2, 0) is 0 Å². The van der Waals surface area contributed by atoms with E-state index in [4.69, 9.17) is 17.3 Å². The van der Waals surface area contributed by atoms with Gasteiger partial charge in [0.1, 0.15) is 0 Å². The summed E-state index contributed by atoms with van der Waals surface area (Å²) in [6.45, 7) is 3.26. The van der Waals surface area contributed by atoms with E-state index < -0.39 is 0 Å². The number of hydrogen-bond donors (Lipinski definition) is 2. The lowest BCUT2D eigenvalue weighted by atomic mass is 10.1. The number of nitrogens with one attached hydrogen (secondary N) is 1.